The monoisotopic (exact) mass is 452 g/mol. The van der Waals surface area contributed by atoms with E-state index >= 15 is 0 Å². The Morgan fingerprint density at radius 1 is 1.16 bits per heavy atom. The second-order valence-electron chi connectivity index (χ2n) is 3.77. The minimum Gasteiger partial charge on any atom is -0.398 e. The van der Waals surface area contributed by atoms with Crippen molar-refractivity contribution in [2.75, 3.05) is 10.5 Å². The second-order valence-corrected chi connectivity index (χ2v) is 7.47. The Morgan fingerprint density at radius 2 is 1.84 bits per heavy atom. The predicted octanol–water partition coefficient (Wildman–Crippen LogP) is 3.44. The van der Waals surface area contributed by atoms with Crippen molar-refractivity contribution in [2.45, 2.75) is 4.90 Å². The number of rotatable bonds is 3. The SMILES string of the molecule is Nc1ccc(S(=O)(=O)Nc2ccccc2I)cc1Br. The lowest BCUT2D eigenvalue weighted by molar-refractivity contribution is 0.601. The van der Waals surface area contributed by atoms with Crippen LogP contribution in [0, 0.1) is 3.57 Å². The maximum Gasteiger partial charge on any atom is 0.261 e. The molecule has 0 atom stereocenters. The molecule has 0 aromatic heterocycles. The van der Waals surface area contributed by atoms with Gasteiger partial charge in [-0.15, -0.1) is 0 Å². The largest absolute Gasteiger partial charge is 0.398 e. The van der Waals surface area contributed by atoms with Gasteiger partial charge in [-0.3, -0.25) is 4.72 Å². The van der Waals surface area contributed by atoms with Gasteiger partial charge >= 0.3 is 0 Å². The molecule has 100 valence electrons. The van der Waals surface area contributed by atoms with Crippen LogP contribution in [0.1, 0.15) is 0 Å². The van der Waals surface area contributed by atoms with Crippen molar-refractivity contribution in [1.82, 2.24) is 0 Å². The summed E-state index contributed by atoms with van der Waals surface area (Å²) < 4.78 is 28.4. The quantitative estimate of drug-likeness (QED) is 0.553. The van der Waals surface area contributed by atoms with Gasteiger partial charge in [0.05, 0.1) is 10.6 Å². The Balaban J connectivity index is 2.38. The van der Waals surface area contributed by atoms with Gasteiger partial charge in [-0.25, -0.2) is 8.42 Å². The maximum atomic E-state index is 12.2. The van der Waals surface area contributed by atoms with Gasteiger partial charge in [-0.05, 0) is 68.9 Å². The van der Waals surface area contributed by atoms with E-state index in [1.165, 1.54) is 12.1 Å². The third-order valence-electron chi connectivity index (χ3n) is 2.40. The number of nitrogens with two attached hydrogens (primary N) is 1. The number of halogens is 2. The number of benzene rings is 2. The fourth-order valence-electron chi connectivity index (χ4n) is 1.42. The lowest BCUT2D eigenvalue weighted by Crippen LogP contribution is -2.13. The molecule has 0 aliphatic heterocycles. The molecule has 0 aliphatic rings. The summed E-state index contributed by atoms with van der Waals surface area (Å²) in [5, 5.41) is 0. The van der Waals surface area contributed by atoms with Crippen molar-refractivity contribution in [3.05, 3.63) is 50.5 Å². The van der Waals surface area contributed by atoms with Crippen molar-refractivity contribution in [3.63, 3.8) is 0 Å². The van der Waals surface area contributed by atoms with E-state index in [0.29, 0.717) is 15.8 Å². The number of hydrogen-bond acceptors (Lipinski definition) is 3. The van der Waals surface area contributed by atoms with Gasteiger partial charge < -0.3 is 5.73 Å². The van der Waals surface area contributed by atoms with E-state index in [1.54, 1.807) is 18.2 Å². The molecule has 0 saturated carbocycles. The van der Waals surface area contributed by atoms with Gasteiger partial charge in [0.15, 0.2) is 0 Å². The molecule has 0 aliphatic carbocycles. The van der Waals surface area contributed by atoms with Gasteiger partial charge in [-0.2, -0.15) is 0 Å². The summed E-state index contributed by atoms with van der Waals surface area (Å²) >= 11 is 5.30. The molecule has 0 unspecified atom stereocenters. The van der Waals surface area contributed by atoms with Gasteiger partial charge in [0.1, 0.15) is 0 Å². The van der Waals surface area contributed by atoms with Crippen LogP contribution in [0.3, 0.4) is 0 Å². The summed E-state index contributed by atoms with van der Waals surface area (Å²) in [5.41, 5.74) is 6.69. The molecule has 0 spiro atoms. The third kappa shape index (κ3) is 3.40. The number of hydrogen-bond donors (Lipinski definition) is 2. The van der Waals surface area contributed by atoms with E-state index in [1.807, 2.05) is 12.1 Å². The van der Waals surface area contributed by atoms with Gasteiger partial charge in [0.25, 0.3) is 10.0 Å². The van der Waals surface area contributed by atoms with Crippen LogP contribution in [-0.4, -0.2) is 8.42 Å². The number of nitrogen functional groups attached to an aromatic ring is 1. The molecular weight excluding hydrogens is 443 g/mol. The minimum absolute atomic E-state index is 0.160. The van der Waals surface area contributed by atoms with E-state index in [9.17, 15) is 8.42 Å². The van der Waals surface area contributed by atoms with Gasteiger partial charge in [0, 0.05) is 13.7 Å². The highest BCUT2D eigenvalue weighted by Crippen LogP contribution is 2.25. The Bertz CT molecular complexity index is 719. The molecule has 0 radical (unpaired) electrons. The average Bonchev–Trinajstić information content (AvgIpc) is 2.35. The van der Waals surface area contributed by atoms with Crippen molar-refractivity contribution in [3.8, 4) is 0 Å². The third-order valence-corrected chi connectivity index (χ3v) is 5.39. The van der Waals surface area contributed by atoms with Crippen LogP contribution < -0.4 is 10.5 Å². The zero-order chi connectivity index (χ0) is 14.0. The van der Waals surface area contributed by atoms with Crippen LogP contribution in [0.4, 0.5) is 11.4 Å². The first-order valence-corrected chi connectivity index (χ1v) is 8.58. The molecule has 2 rings (SSSR count). The molecule has 0 saturated heterocycles. The van der Waals surface area contributed by atoms with E-state index in [4.69, 9.17) is 5.73 Å². The van der Waals surface area contributed by atoms with E-state index in [2.05, 4.69) is 43.2 Å². The summed E-state index contributed by atoms with van der Waals surface area (Å²) in [7, 11) is -3.62. The maximum absolute atomic E-state index is 12.2. The van der Waals surface area contributed by atoms with Crippen LogP contribution in [0.5, 0.6) is 0 Å². The van der Waals surface area contributed by atoms with E-state index in [-0.39, 0.29) is 4.90 Å². The number of anilines is 2. The van der Waals surface area contributed by atoms with E-state index < -0.39 is 10.0 Å². The predicted molar refractivity (Wildman–Crippen MR) is 88.5 cm³/mol. The zero-order valence-electron chi connectivity index (χ0n) is 9.60. The highest BCUT2D eigenvalue weighted by atomic mass is 127. The van der Waals surface area contributed by atoms with Crippen LogP contribution in [0.15, 0.2) is 51.8 Å². The Kier molecular flexibility index (Phi) is 4.36. The molecule has 3 N–H and O–H groups in total. The summed E-state index contributed by atoms with van der Waals surface area (Å²) in [6, 6.07) is 11.7. The molecule has 0 heterocycles. The highest BCUT2D eigenvalue weighted by Gasteiger charge is 2.16. The summed E-state index contributed by atoms with van der Waals surface area (Å²) in [6.45, 7) is 0. The first-order valence-electron chi connectivity index (χ1n) is 5.22. The smallest absolute Gasteiger partial charge is 0.261 e. The number of nitrogens with one attached hydrogen (secondary N) is 1. The minimum atomic E-state index is -3.62. The lowest BCUT2D eigenvalue weighted by atomic mass is 10.3. The molecule has 2 aromatic rings. The van der Waals surface area contributed by atoms with Crippen LogP contribution in [-0.2, 0) is 10.0 Å². The molecular formula is C12H10BrIN2O2S. The number of para-hydroxylation sites is 1. The number of sulfonamides is 1. The summed E-state index contributed by atoms with van der Waals surface area (Å²) in [5.74, 6) is 0. The standard InChI is InChI=1S/C12H10BrIN2O2S/c13-9-7-8(5-6-11(9)15)19(17,18)16-12-4-2-1-3-10(12)14/h1-7,16H,15H2. The topological polar surface area (TPSA) is 72.2 Å². The van der Waals surface area contributed by atoms with Crippen LogP contribution in [0.2, 0.25) is 0 Å². The van der Waals surface area contributed by atoms with Crippen molar-refractivity contribution in [1.29, 1.82) is 0 Å². The normalized spacial score (nSPS) is 11.3. The molecule has 2 aromatic carbocycles. The van der Waals surface area contributed by atoms with E-state index in [0.717, 1.165) is 3.57 Å². The fraction of sp³-hybridized carbons (Fsp3) is 0. The molecule has 19 heavy (non-hydrogen) atoms. The van der Waals surface area contributed by atoms with Crippen molar-refractivity contribution < 1.29 is 8.42 Å². The lowest BCUT2D eigenvalue weighted by Gasteiger charge is -2.10. The molecule has 7 heteroatoms. The summed E-state index contributed by atoms with van der Waals surface area (Å²) in [6.07, 6.45) is 0. The van der Waals surface area contributed by atoms with Crippen LogP contribution >= 0.6 is 38.5 Å². The Morgan fingerprint density at radius 3 is 2.47 bits per heavy atom. The molecule has 4 nitrogen and oxygen atoms in total. The van der Waals surface area contributed by atoms with Crippen molar-refractivity contribution in [2.24, 2.45) is 0 Å². The van der Waals surface area contributed by atoms with Gasteiger partial charge in [-0.1, -0.05) is 12.1 Å². The zero-order valence-corrected chi connectivity index (χ0v) is 14.2. The molecule has 0 bridgehead atoms. The van der Waals surface area contributed by atoms with Crippen molar-refractivity contribution >= 4 is 59.9 Å². The first-order chi connectivity index (χ1) is 8.90. The average molecular weight is 453 g/mol. The molecule has 0 amide bonds. The fourth-order valence-corrected chi connectivity index (χ4v) is 3.76. The Labute approximate surface area is 133 Å². The molecule has 0 fully saturated rings. The Hall–Kier alpha value is -0.800. The highest BCUT2D eigenvalue weighted by molar-refractivity contribution is 14.1. The first kappa shape index (κ1) is 14.6. The summed E-state index contributed by atoms with van der Waals surface area (Å²) in [4.78, 5) is 0.160. The second kappa shape index (κ2) is 5.68. The van der Waals surface area contributed by atoms with Gasteiger partial charge in [0.2, 0.25) is 0 Å². The van der Waals surface area contributed by atoms with Crippen LogP contribution in [0.25, 0.3) is 0 Å².